The molecule has 4 heteroatoms. The van der Waals surface area contributed by atoms with Crippen molar-refractivity contribution in [3.05, 3.63) is 23.0 Å². The van der Waals surface area contributed by atoms with Crippen molar-refractivity contribution < 1.29 is 9.47 Å². The highest BCUT2D eigenvalue weighted by Crippen LogP contribution is 2.24. The van der Waals surface area contributed by atoms with Crippen LogP contribution in [0.1, 0.15) is 37.1 Å². The maximum atomic E-state index is 6.03. The van der Waals surface area contributed by atoms with Gasteiger partial charge in [0.15, 0.2) is 0 Å². The van der Waals surface area contributed by atoms with Gasteiger partial charge in [0.25, 0.3) is 0 Å². The predicted molar refractivity (Wildman–Crippen MR) is 72.8 cm³/mol. The Morgan fingerprint density at radius 1 is 1.39 bits per heavy atom. The van der Waals surface area contributed by atoms with Gasteiger partial charge in [0.1, 0.15) is 5.75 Å². The van der Waals surface area contributed by atoms with E-state index in [1.54, 1.807) is 7.11 Å². The molecule has 0 fully saturated rings. The van der Waals surface area contributed by atoms with E-state index in [1.807, 2.05) is 27.0 Å². The molecule has 4 nitrogen and oxygen atoms in total. The maximum Gasteiger partial charge on any atom is 0.128 e. The van der Waals surface area contributed by atoms with Crippen LogP contribution in [0.3, 0.4) is 0 Å². The molecule has 1 unspecified atom stereocenters. The lowest BCUT2D eigenvalue weighted by molar-refractivity contribution is 0.0753. The molecule has 1 aromatic rings. The van der Waals surface area contributed by atoms with Crippen LogP contribution in [0.15, 0.2) is 6.20 Å². The molecule has 0 aliphatic rings. The number of nitrogens with two attached hydrogens (primary N) is 1. The van der Waals surface area contributed by atoms with Crippen molar-refractivity contribution in [2.75, 3.05) is 13.7 Å². The van der Waals surface area contributed by atoms with E-state index in [0.29, 0.717) is 13.2 Å². The van der Waals surface area contributed by atoms with E-state index in [4.69, 9.17) is 15.2 Å². The average molecular weight is 252 g/mol. The number of aromatic nitrogens is 1. The molecule has 2 N–H and O–H groups in total. The molecular weight excluding hydrogens is 228 g/mol. The van der Waals surface area contributed by atoms with Gasteiger partial charge in [-0.15, -0.1) is 0 Å². The Labute approximate surface area is 110 Å². The smallest absolute Gasteiger partial charge is 0.128 e. The number of aryl methyl sites for hydroxylation is 1. The molecule has 1 aromatic heterocycles. The molecule has 0 aromatic carbocycles. The first kappa shape index (κ1) is 14.9. The van der Waals surface area contributed by atoms with Crippen LogP contribution in [0.5, 0.6) is 5.75 Å². The standard InChI is InChI=1S/C14H24N2O2/c1-6-14(4,15)9-18-8-12-11(3)13(17-5)10(2)7-16-12/h7H,6,8-9,15H2,1-5H3. The van der Waals surface area contributed by atoms with Gasteiger partial charge in [-0.1, -0.05) is 6.92 Å². The molecule has 0 aliphatic carbocycles. The fourth-order valence-electron chi connectivity index (χ4n) is 1.70. The van der Waals surface area contributed by atoms with E-state index in [0.717, 1.165) is 29.0 Å². The van der Waals surface area contributed by atoms with E-state index < -0.39 is 0 Å². The Balaban J connectivity index is 2.69. The highest BCUT2D eigenvalue weighted by atomic mass is 16.5. The first-order valence-corrected chi connectivity index (χ1v) is 6.27. The third kappa shape index (κ3) is 3.68. The predicted octanol–water partition coefficient (Wildman–Crippen LogP) is 2.35. The van der Waals surface area contributed by atoms with Gasteiger partial charge in [-0.2, -0.15) is 0 Å². The Morgan fingerprint density at radius 2 is 2.06 bits per heavy atom. The molecule has 102 valence electrons. The summed E-state index contributed by atoms with van der Waals surface area (Å²) in [5.41, 5.74) is 8.73. The molecular formula is C14H24N2O2. The van der Waals surface area contributed by atoms with Crippen molar-refractivity contribution in [1.82, 2.24) is 4.98 Å². The van der Waals surface area contributed by atoms with E-state index in [1.165, 1.54) is 0 Å². The number of ether oxygens (including phenoxy) is 2. The van der Waals surface area contributed by atoms with E-state index in [2.05, 4.69) is 11.9 Å². The Morgan fingerprint density at radius 3 is 2.61 bits per heavy atom. The third-order valence-electron chi connectivity index (χ3n) is 3.23. The lowest BCUT2D eigenvalue weighted by Crippen LogP contribution is -2.40. The second-order valence-electron chi connectivity index (χ2n) is 5.05. The summed E-state index contributed by atoms with van der Waals surface area (Å²) in [6.45, 7) is 9.03. The van der Waals surface area contributed by atoms with Crippen molar-refractivity contribution in [2.45, 2.75) is 46.3 Å². The van der Waals surface area contributed by atoms with Crippen molar-refractivity contribution in [1.29, 1.82) is 0 Å². The van der Waals surface area contributed by atoms with E-state index in [9.17, 15) is 0 Å². The zero-order chi connectivity index (χ0) is 13.8. The molecule has 18 heavy (non-hydrogen) atoms. The Bertz CT molecular complexity index is 403. The number of hydrogen-bond acceptors (Lipinski definition) is 4. The minimum Gasteiger partial charge on any atom is -0.496 e. The second-order valence-corrected chi connectivity index (χ2v) is 5.05. The topological polar surface area (TPSA) is 57.4 Å². The monoisotopic (exact) mass is 252 g/mol. The van der Waals surface area contributed by atoms with E-state index >= 15 is 0 Å². The van der Waals surface area contributed by atoms with Crippen LogP contribution in [0.25, 0.3) is 0 Å². The molecule has 0 spiro atoms. The largest absolute Gasteiger partial charge is 0.496 e. The lowest BCUT2D eigenvalue weighted by Gasteiger charge is -2.22. The van der Waals surface area contributed by atoms with Gasteiger partial charge >= 0.3 is 0 Å². The SMILES string of the molecule is CCC(C)(N)COCc1ncc(C)c(OC)c1C. The molecule has 1 heterocycles. The first-order chi connectivity index (χ1) is 8.41. The summed E-state index contributed by atoms with van der Waals surface area (Å²) in [5.74, 6) is 0.884. The van der Waals surface area contributed by atoms with Crippen molar-refractivity contribution in [2.24, 2.45) is 5.73 Å². The number of pyridine rings is 1. The highest BCUT2D eigenvalue weighted by molar-refractivity contribution is 5.40. The molecule has 1 rings (SSSR count). The molecule has 1 atom stereocenters. The van der Waals surface area contributed by atoms with Crippen LogP contribution in [0.4, 0.5) is 0 Å². The fourth-order valence-corrected chi connectivity index (χ4v) is 1.70. The first-order valence-electron chi connectivity index (χ1n) is 6.27. The van der Waals surface area contributed by atoms with E-state index in [-0.39, 0.29) is 5.54 Å². The quantitative estimate of drug-likeness (QED) is 0.844. The molecule has 0 radical (unpaired) electrons. The molecule has 0 saturated heterocycles. The maximum absolute atomic E-state index is 6.03. The Hall–Kier alpha value is -1.13. The molecule has 0 aliphatic heterocycles. The van der Waals surface area contributed by atoms with Crippen LogP contribution in [0, 0.1) is 13.8 Å². The van der Waals surface area contributed by atoms with Crippen LogP contribution in [0.2, 0.25) is 0 Å². The van der Waals surface area contributed by atoms with Crippen LogP contribution in [-0.2, 0) is 11.3 Å². The van der Waals surface area contributed by atoms with Crippen LogP contribution < -0.4 is 10.5 Å². The number of nitrogens with zero attached hydrogens (tertiary/aromatic N) is 1. The van der Waals surface area contributed by atoms with Crippen LogP contribution >= 0.6 is 0 Å². The summed E-state index contributed by atoms with van der Waals surface area (Å²) in [7, 11) is 1.67. The number of rotatable bonds is 6. The summed E-state index contributed by atoms with van der Waals surface area (Å²) in [5, 5.41) is 0. The lowest BCUT2D eigenvalue weighted by atomic mass is 10.0. The van der Waals surface area contributed by atoms with Gasteiger partial charge in [0, 0.05) is 22.9 Å². The average Bonchev–Trinajstić information content (AvgIpc) is 2.33. The summed E-state index contributed by atoms with van der Waals surface area (Å²) in [4.78, 5) is 4.39. The second kappa shape index (κ2) is 6.16. The zero-order valence-electron chi connectivity index (χ0n) is 12.0. The zero-order valence-corrected chi connectivity index (χ0v) is 12.0. The molecule has 0 amide bonds. The fraction of sp³-hybridized carbons (Fsp3) is 0.643. The summed E-state index contributed by atoms with van der Waals surface area (Å²) < 4.78 is 11.0. The van der Waals surface area contributed by atoms with Gasteiger partial charge in [0.05, 0.1) is 26.0 Å². The van der Waals surface area contributed by atoms with Crippen LogP contribution in [-0.4, -0.2) is 24.2 Å². The summed E-state index contributed by atoms with van der Waals surface area (Å²) in [6.07, 6.45) is 2.70. The van der Waals surface area contributed by atoms with Gasteiger partial charge < -0.3 is 15.2 Å². The van der Waals surface area contributed by atoms with Gasteiger partial charge in [-0.25, -0.2) is 0 Å². The Kier molecular flexibility index (Phi) is 5.11. The van der Waals surface area contributed by atoms with Gasteiger partial charge in [0.2, 0.25) is 0 Å². The molecule has 0 saturated carbocycles. The number of methoxy groups -OCH3 is 1. The normalized spacial score (nSPS) is 14.3. The molecule has 0 bridgehead atoms. The minimum atomic E-state index is -0.275. The summed E-state index contributed by atoms with van der Waals surface area (Å²) >= 11 is 0. The minimum absolute atomic E-state index is 0.275. The van der Waals surface area contributed by atoms with Crippen molar-refractivity contribution in [3.63, 3.8) is 0 Å². The van der Waals surface area contributed by atoms with Gasteiger partial charge in [-0.3, -0.25) is 4.98 Å². The highest BCUT2D eigenvalue weighted by Gasteiger charge is 2.16. The van der Waals surface area contributed by atoms with Crippen molar-refractivity contribution in [3.8, 4) is 5.75 Å². The van der Waals surface area contributed by atoms with Crippen molar-refractivity contribution >= 4 is 0 Å². The third-order valence-corrected chi connectivity index (χ3v) is 3.23. The van der Waals surface area contributed by atoms with Gasteiger partial charge in [-0.05, 0) is 27.2 Å². The summed E-state index contributed by atoms with van der Waals surface area (Å²) in [6, 6.07) is 0. The number of hydrogen-bond donors (Lipinski definition) is 1.